The Morgan fingerprint density at radius 1 is 0.980 bits per heavy atom. The fourth-order valence-electron chi connectivity index (χ4n) is 7.13. The van der Waals surface area contributed by atoms with Crippen LogP contribution in [0.4, 0.5) is 4.79 Å². The first kappa shape index (κ1) is 34.8. The molecule has 0 bridgehead atoms. The van der Waals surface area contributed by atoms with Crippen molar-refractivity contribution >= 4 is 37.9 Å². The van der Waals surface area contributed by atoms with Crippen molar-refractivity contribution in [2.24, 2.45) is 11.3 Å². The molecule has 10 heteroatoms. The van der Waals surface area contributed by atoms with E-state index < -0.39 is 15.4 Å². The number of ether oxygens (including phenoxy) is 2. The number of methoxy groups -OCH3 is 1. The number of nitrogens with zero attached hydrogens (tertiary/aromatic N) is 2. The number of aryl methyl sites for hydroxylation is 1. The summed E-state index contributed by atoms with van der Waals surface area (Å²) in [5, 5.41) is 0.824. The minimum Gasteiger partial charge on any atom is -0.497 e. The standard InChI is InChI=1S/C41H41N3O5S2/c1-5-41(3,26-42-51(46,47)33-18-11-27(2)12-19-33)29-21-22-44-38(23-29)39(50-40(44)45)35-25-37(43-36-20-17-32(48-4)24-34(35)36)28-13-15-31(16-14-28)49-30-9-7-6-8-10-30/h5-20,24-25,29,38-39,42H,1,21-23,26H2,2-4H3/t29-,38-,39-,41-/m0/s1. The molecule has 2 aliphatic rings. The van der Waals surface area contributed by atoms with Crippen LogP contribution in [0.3, 0.4) is 0 Å². The summed E-state index contributed by atoms with van der Waals surface area (Å²) in [6, 6.07) is 32.3. The predicted octanol–water partition coefficient (Wildman–Crippen LogP) is 9.17. The molecule has 2 aliphatic heterocycles. The van der Waals surface area contributed by atoms with Gasteiger partial charge in [-0.3, -0.25) is 4.79 Å². The normalized spacial score (nSPS) is 20.1. The number of nitrogens with one attached hydrogen (secondary N) is 1. The van der Waals surface area contributed by atoms with Gasteiger partial charge in [0.2, 0.25) is 10.0 Å². The van der Waals surface area contributed by atoms with Crippen molar-refractivity contribution in [2.45, 2.75) is 42.9 Å². The zero-order valence-corrected chi connectivity index (χ0v) is 30.5. The Bertz CT molecular complexity index is 2180. The van der Waals surface area contributed by atoms with E-state index in [4.69, 9.17) is 14.5 Å². The van der Waals surface area contributed by atoms with E-state index in [1.165, 1.54) is 11.8 Å². The van der Waals surface area contributed by atoms with Gasteiger partial charge in [0, 0.05) is 35.5 Å². The van der Waals surface area contributed by atoms with Crippen LogP contribution in [0.15, 0.2) is 121 Å². The minimum atomic E-state index is -3.71. The van der Waals surface area contributed by atoms with E-state index in [0.717, 1.165) is 51.2 Å². The zero-order valence-electron chi connectivity index (χ0n) is 28.9. The van der Waals surface area contributed by atoms with Crippen molar-refractivity contribution in [1.82, 2.24) is 14.6 Å². The fourth-order valence-corrected chi connectivity index (χ4v) is 9.61. The number of aromatic nitrogens is 1. The smallest absolute Gasteiger partial charge is 0.282 e. The van der Waals surface area contributed by atoms with Crippen molar-refractivity contribution in [1.29, 1.82) is 0 Å². The van der Waals surface area contributed by atoms with Gasteiger partial charge >= 0.3 is 0 Å². The van der Waals surface area contributed by atoms with Crippen molar-refractivity contribution < 1.29 is 22.7 Å². The van der Waals surface area contributed by atoms with Crippen LogP contribution < -0.4 is 14.2 Å². The highest BCUT2D eigenvalue weighted by atomic mass is 32.2. The zero-order chi connectivity index (χ0) is 35.8. The lowest BCUT2D eigenvalue weighted by Crippen LogP contribution is -2.48. The molecule has 1 N–H and O–H groups in total. The minimum absolute atomic E-state index is 0.0562. The molecule has 1 aromatic heterocycles. The summed E-state index contributed by atoms with van der Waals surface area (Å²) < 4.78 is 41.0. The maximum atomic E-state index is 13.6. The van der Waals surface area contributed by atoms with E-state index in [-0.39, 0.29) is 33.9 Å². The van der Waals surface area contributed by atoms with Crippen LogP contribution in [-0.2, 0) is 10.0 Å². The van der Waals surface area contributed by atoms with Crippen LogP contribution in [-0.4, -0.2) is 49.8 Å². The van der Waals surface area contributed by atoms with Crippen molar-refractivity contribution in [3.8, 4) is 28.5 Å². The third-order valence-corrected chi connectivity index (χ3v) is 13.0. The van der Waals surface area contributed by atoms with Crippen molar-refractivity contribution in [2.75, 3.05) is 20.2 Å². The Labute approximate surface area is 303 Å². The highest BCUT2D eigenvalue weighted by Gasteiger charge is 2.48. The van der Waals surface area contributed by atoms with Gasteiger partial charge in [-0.25, -0.2) is 18.1 Å². The number of carbonyl (C=O) groups is 1. The number of carbonyl (C=O) groups excluding carboxylic acids is 1. The van der Waals surface area contributed by atoms with Gasteiger partial charge in [0.05, 0.1) is 28.5 Å². The van der Waals surface area contributed by atoms with Gasteiger partial charge in [-0.1, -0.05) is 60.7 Å². The van der Waals surface area contributed by atoms with Crippen molar-refractivity contribution in [3.05, 3.63) is 127 Å². The maximum Gasteiger partial charge on any atom is 0.282 e. The number of hydrogen-bond acceptors (Lipinski definition) is 7. The number of hydrogen-bond donors (Lipinski definition) is 1. The van der Waals surface area contributed by atoms with Gasteiger partial charge in [0.1, 0.15) is 17.2 Å². The molecule has 2 fully saturated rings. The molecule has 4 aromatic carbocycles. The summed E-state index contributed by atoms with van der Waals surface area (Å²) in [6.45, 7) is 8.94. The summed E-state index contributed by atoms with van der Waals surface area (Å²) in [4.78, 5) is 20.9. The number of piperidine rings is 1. The lowest BCUT2D eigenvalue weighted by Gasteiger charge is -2.44. The van der Waals surface area contributed by atoms with Crippen LogP contribution in [0.25, 0.3) is 22.2 Å². The molecule has 0 unspecified atom stereocenters. The van der Waals surface area contributed by atoms with Crippen LogP contribution in [0.5, 0.6) is 17.2 Å². The topological polar surface area (TPSA) is 97.8 Å². The highest BCUT2D eigenvalue weighted by molar-refractivity contribution is 8.14. The first-order chi connectivity index (χ1) is 24.6. The van der Waals surface area contributed by atoms with Gasteiger partial charge in [0.15, 0.2) is 0 Å². The first-order valence-electron chi connectivity index (χ1n) is 17.1. The maximum absolute atomic E-state index is 13.6. The van der Waals surface area contributed by atoms with E-state index in [1.807, 2.05) is 90.7 Å². The van der Waals surface area contributed by atoms with E-state index >= 15 is 0 Å². The van der Waals surface area contributed by atoms with Crippen LogP contribution in [0, 0.1) is 18.3 Å². The quantitative estimate of drug-likeness (QED) is 0.136. The fraction of sp³-hybridized carbons (Fsp3) is 0.268. The van der Waals surface area contributed by atoms with Gasteiger partial charge in [-0.05, 0) is 104 Å². The molecule has 0 saturated carbocycles. The molecule has 5 aromatic rings. The predicted molar refractivity (Wildman–Crippen MR) is 204 cm³/mol. The molecule has 0 aliphatic carbocycles. The number of sulfonamides is 1. The number of rotatable bonds is 11. The number of para-hydroxylation sites is 1. The molecule has 51 heavy (non-hydrogen) atoms. The Kier molecular flexibility index (Phi) is 9.67. The summed E-state index contributed by atoms with van der Waals surface area (Å²) >= 11 is 1.36. The second kappa shape index (κ2) is 14.2. The van der Waals surface area contributed by atoms with E-state index in [9.17, 15) is 13.2 Å². The van der Waals surface area contributed by atoms with E-state index in [1.54, 1.807) is 31.4 Å². The monoisotopic (exact) mass is 719 g/mol. The summed E-state index contributed by atoms with van der Waals surface area (Å²) in [7, 11) is -2.07. The molecule has 262 valence electrons. The molecule has 0 spiro atoms. The molecule has 3 heterocycles. The van der Waals surface area contributed by atoms with Gasteiger partial charge in [-0.15, -0.1) is 6.58 Å². The summed E-state index contributed by atoms with van der Waals surface area (Å²) in [5.74, 6) is 2.29. The van der Waals surface area contributed by atoms with Gasteiger partial charge in [-0.2, -0.15) is 0 Å². The molecular weight excluding hydrogens is 679 g/mol. The number of benzene rings is 4. The molecule has 2 saturated heterocycles. The van der Waals surface area contributed by atoms with E-state index in [0.29, 0.717) is 18.7 Å². The lowest BCUT2D eigenvalue weighted by molar-refractivity contribution is 0.102. The van der Waals surface area contributed by atoms with E-state index in [2.05, 4.69) is 24.3 Å². The third-order valence-electron chi connectivity index (χ3n) is 10.3. The lowest BCUT2D eigenvalue weighted by atomic mass is 9.70. The highest BCUT2D eigenvalue weighted by Crippen LogP contribution is 2.52. The summed E-state index contributed by atoms with van der Waals surface area (Å²) in [5.41, 5.74) is 4.02. The Balaban J connectivity index is 1.19. The second-order valence-electron chi connectivity index (χ2n) is 13.6. The first-order valence-corrected chi connectivity index (χ1v) is 19.4. The second-order valence-corrected chi connectivity index (χ2v) is 16.4. The molecule has 0 radical (unpaired) electrons. The summed E-state index contributed by atoms with van der Waals surface area (Å²) in [6.07, 6.45) is 3.32. The molecule has 8 nitrogen and oxygen atoms in total. The molecule has 1 amide bonds. The molecular formula is C41H41N3O5S2. The Hall–Kier alpha value is -4.64. The third kappa shape index (κ3) is 7.13. The Morgan fingerprint density at radius 2 is 1.69 bits per heavy atom. The number of amides is 1. The SMILES string of the molecule is C=C[C@@](C)(CNS(=O)(=O)c1ccc(C)cc1)[C@H]1CCN2C(=O)S[C@@H](c3cc(-c4ccc(Oc5ccccc5)cc4)nc4ccc(OC)cc34)[C@@H]2C1. The molecule has 7 rings (SSSR count). The number of thioether (sulfide) groups is 1. The van der Waals surface area contributed by atoms with Crippen LogP contribution in [0.1, 0.15) is 36.1 Å². The van der Waals surface area contributed by atoms with Gasteiger partial charge < -0.3 is 14.4 Å². The molecule has 4 atom stereocenters. The Morgan fingerprint density at radius 3 is 2.39 bits per heavy atom. The van der Waals surface area contributed by atoms with Crippen LogP contribution in [0.2, 0.25) is 0 Å². The van der Waals surface area contributed by atoms with Crippen molar-refractivity contribution in [3.63, 3.8) is 0 Å². The average Bonchev–Trinajstić information content (AvgIpc) is 3.49. The van der Waals surface area contributed by atoms with Gasteiger partial charge in [0.25, 0.3) is 5.24 Å². The number of pyridine rings is 1. The largest absolute Gasteiger partial charge is 0.497 e. The number of fused-ring (bicyclic) bond motifs is 2. The van der Waals surface area contributed by atoms with Crippen LogP contribution >= 0.6 is 11.8 Å². The average molecular weight is 720 g/mol.